The summed E-state index contributed by atoms with van der Waals surface area (Å²) < 4.78 is 41.5. The Labute approximate surface area is 167 Å². The van der Waals surface area contributed by atoms with Crippen LogP contribution < -0.4 is 5.32 Å². The van der Waals surface area contributed by atoms with Crippen molar-refractivity contribution in [2.75, 3.05) is 5.32 Å². The van der Waals surface area contributed by atoms with Gasteiger partial charge in [0.2, 0.25) is 0 Å². The topological polar surface area (TPSA) is 66.6 Å². The molecule has 0 aliphatic carbocycles. The lowest BCUT2D eigenvalue weighted by Crippen LogP contribution is -2.23. The molecule has 0 unspecified atom stereocenters. The fraction of sp³-hybridized carbons (Fsp3) is 0.222. The van der Waals surface area contributed by atoms with Crippen molar-refractivity contribution in [1.29, 1.82) is 0 Å². The van der Waals surface area contributed by atoms with Gasteiger partial charge in [-0.3, -0.25) is 9.20 Å². The number of anilines is 1. The molecule has 28 heavy (non-hydrogen) atoms. The lowest BCUT2D eigenvalue weighted by Gasteiger charge is -2.20. The Bertz CT molecular complexity index is 1050. The molecule has 0 spiro atoms. The first kappa shape index (κ1) is 20.4. The number of nitrogens with one attached hydrogen (secondary N) is 1. The van der Waals surface area contributed by atoms with E-state index in [-0.39, 0.29) is 26.9 Å². The zero-order valence-electron chi connectivity index (χ0n) is 14.6. The first-order chi connectivity index (χ1) is 12.9. The van der Waals surface area contributed by atoms with E-state index >= 15 is 0 Å². The van der Waals surface area contributed by atoms with Crippen LogP contribution in [0.5, 0.6) is 0 Å². The molecule has 2 heterocycles. The zero-order valence-corrected chi connectivity index (χ0v) is 16.1. The standard InChI is InChI=1S/C18H14Cl2F3N3O2/c1-17(2,28)14-13(18(21,22)23)25-15-11(7-4-8-26(14)15)24-16(27)12-9(19)5-3-6-10(12)20/h3-8,28H,1-2H3,(H,24,27). The molecule has 1 aromatic carbocycles. The lowest BCUT2D eigenvalue weighted by atomic mass is 10.0. The van der Waals surface area contributed by atoms with Crippen LogP contribution in [-0.2, 0) is 11.8 Å². The van der Waals surface area contributed by atoms with E-state index in [0.29, 0.717) is 0 Å². The molecule has 0 atom stereocenters. The number of alkyl halides is 3. The van der Waals surface area contributed by atoms with Crippen LogP contribution in [0.25, 0.3) is 5.65 Å². The molecule has 148 valence electrons. The van der Waals surface area contributed by atoms with Gasteiger partial charge in [0.05, 0.1) is 27.0 Å². The highest BCUT2D eigenvalue weighted by molar-refractivity contribution is 6.40. The minimum Gasteiger partial charge on any atom is -0.384 e. The number of pyridine rings is 1. The molecule has 0 saturated carbocycles. The van der Waals surface area contributed by atoms with Crippen LogP contribution in [0, 0.1) is 0 Å². The van der Waals surface area contributed by atoms with Crippen LogP contribution in [0.3, 0.4) is 0 Å². The number of rotatable bonds is 3. The number of aromatic nitrogens is 2. The van der Waals surface area contributed by atoms with Crippen molar-refractivity contribution in [3.63, 3.8) is 0 Å². The maximum absolute atomic E-state index is 13.5. The molecule has 0 fully saturated rings. The normalized spacial score (nSPS) is 12.4. The molecular weight excluding hydrogens is 418 g/mol. The van der Waals surface area contributed by atoms with Crippen molar-refractivity contribution < 1.29 is 23.1 Å². The van der Waals surface area contributed by atoms with Gasteiger partial charge >= 0.3 is 6.18 Å². The second kappa shape index (κ2) is 6.95. The number of benzene rings is 1. The molecule has 0 bridgehead atoms. The van der Waals surface area contributed by atoms with Crippen LogP contribution in [0.4, 0.5) is 18.9 Å². The van der Waals surface area contributed by atoms with Crippen LogP contribution in [0.2, 0.25) is 10.0 Å². The number of fused-ring (bicyclic) bond motifs is 1. The number of hydrogen-bond donors (Lipinski definition) is 2. The molecule has 3 rings (SSSR count). The van der Waals surface area contributed by atoms with Crippen molar-refractivity contribution in [1.82, 2.24) is 9.38 Å². The Morgan fingerprint density at radius 2 is 1.75 bits per heavy atom. The largest absolute Gasteiger partial charge is 0.435 e. The van der Waals surface area contributed by atoms with E-state index in [0.717, 1.165) is 4.40 Å². The molecule has 5 nitrogen and oxygen atoms in total. The minimum absolute atomic E-state index is 0.00415. The van der Waals surface area contributed by atoms with Gasteiger partial charge in [0, 0.05) is 6.20 Å². The number of halogens is 5. The zero-order chi connectivity index (χ0) is 20.9. The van der Waals surface area contributed by atoms with Gasteiger partial charge in [0.15, 0.2) is 11.3 Å². The summed E-state index contributed by atoms with van der Waals surface area (Å²) in [6.07, 6.45) is -3.47. The van der Waals surface area contributed by atoms with Crippen LogP contribution in [0.15, 0.2) is 36.5 Å². The number of nitrogens with zero attached hydrogens (tertiary/aromatic N) is 2. The van der Waals surface area contributed by atoms with Gasteiger partial charge in [-0.15, -0.1) is 0 Å². The van der Waals surface area contributed by atoms with Gasteiger partial charge < -0.3 is 10.4 Å². The van der Waals surface area contributed by atoms with Crippen molar-refractivity contribution in [2.45, 2.75) is 25.6 Å². The molecule has 1 amide bonds. The first-order valence-electron chi connectivity index (χ1n) is 7.97. The van der Waals surface area contributed by atoms with Gasteiger partial charge in [-0.25, -0.2) is 4.98 Å². The van der Waals surface area contributed by atoms with Crippen molar-refractivity contribution in [3.05, 3.63) is 63.5 Å². The Morgan fingerprint density at radius 3 is 2.29 bits per heavy atom. The average Bonchev–Trinajstić information content (AvgIpc) is 2.95. The van der Waals surface area contributed by atoms with E-state index in [9.17, 15) is 23.1 Å². The summed E-state index contributed by atoms with van der Waals surface area (Å²) in [5.41, 5.74) is -3.70. The smallest absolute Gasteiger partial charge is 0.384 e. The van der Waals surface area contributed by atoms with Gasteiger partial charge in [0.1, 0.15) is 5.60 Å². The molecule has 0 radical (unpaired) electrons. The monoisotopic (exact) mass is 431 g/mol. The quantitative estimate of drug-likeness (QED) is 0.603. The maximum atomic E-state index is 13.5. The first-order valence-corrected chi connectivity index (χ1v) is 8.73. The summed E-state index contributed by atoms with van der Waals surface area (Å²) in [7, 11) is 0. The number of carbonyl (C=O) groups excluding carboxylic acids is 1. The molecule has 0 aliphatic heterocycles. The molecule has 2 aromatic heterocycles. The predicted octanol–water partition coefficient (Wildman–Crippen LogP) is 5.14. The summed E-state index contributed by atoms with van der Waals surface area (Å²) >= 11 is 12.0. The van der Waals surface area contributed by atoms with Gasteiger partial charge in [-0.05, 0) is 38.1 Å². The molecular formula is C18H14Cl2F3N3O2. The Morgan fingerprint density at radius 1 is 1.14 bits per heavy atom. The number of aliphatic hydroxyl groups is 1. The van der Waals surface area contributed by atoms with Gasteiger partial charge in [-0.2, -0.15) is 13.2 Å². The highest BCUT2D eigenvalue weighted by Gasteiger charge is 2.42. The molecule has 3 aromatic rings. The van der Waals surface area contributed by atoms with Crippen LogP contribution in [-0.4, -0.2) is 20.4 Å². The van der Waals surface area contributed by atoms with Crippen molar-refractivity contribution >= 4 is 40.4 Å². The van der Waals surface area contributed by atoms with Crippen LogP contribution in [0.1, 0.15) is 35.6 Å². The van der Waals surface area contributed by atoms with E-state index in [1.807, 2.05) is 0 Å². The van der Waals surface area contributed by atoms with Crippen LogP contribution >= 0.6 is 23.2 Å². The third-order valence-corrected chi connectivity index (χ3v) is 4.57. The highest BCUT2D eigenvalue weighted by atomic mass is 35.5. The number of imidazole rings is 1. The van der Waals surface area contributed by atoms with E-state index in [4.69, 9.17) is 23.2 Å². The summed E-state index contributed by atoms with van der Waals surface area (Å²) in [6, 6.07) is 7.30. The van der Waals surface area contributed by atoms with Crippen molar-refractivity contribution in [3.8, 4) is 0 Å². The van der Waals surface area contributed by atoms with Crippen molar-refractivity contribution in [2.24, 2.45) is 0 Å². The maximum Gasteiger partial charge on any atom is 0.435 e. The Kier molecular flexibility index (Phi) is 5.07. The molecule has 0 aliphatic rings. The second-order valence-corrected chi connectivity index (χ2v) is 7.35. The third kappa shape index (κ3) is 3.67. The minimum atomic E-state index is -4.80. The molecule has 0 saturated heterocycles. The lowest BCUT2D eigenvalue weighted by molar-refractivity contribution is -0.143. The fourth-order valence-electron chi connectivity index (χ4n) is 2.85. The summed E-state index contributed by atoms with van der Waals surface area (Å²) in [5.74, 6) is -0.704. The summed E-state index contributed by atoms with van der Waals surface area (Å²) in [4.78, 5) is 16.2. The Hall–Kier alpha value is -2.29. The fourth-order valence-corrected chi connectivity index (χ4v) is 3.42. The predicted molar refractivity (Wildman–Crippen MR) is 99.9 cm³/mol. The Balaban J connectivity index is 2.16. The van der Waals surface area contributed by atoms with E-state index in [2.05, 4.69) is 10.3 Å². The van der Waals surface area contributed by atoms with Gasteiger partial charge in [0.25, 0.3) is 5.91 Å². The summed E-state index contributed by atoms with van der Waals surface area (Å²) in [6.45, 7) is 2.45. The van der Waals surface area contributed by atoms with E-state index in [1.54, 1.807) is 6.07 Å². The SMILES string of the molecule is CC(C)(O)c1c(C(F)(F)F)nc2c(NC(=O)c3c(Cl)cccc3Cl)cccn12. The number of carbonyl (C=O) groups is 1. The average molecular weight is 432 g/mol. The summed E-state index contributed by atoms with van der Waals surface area (Å²) in [5, 5.41) is 12.9. The van der Waals surface area contributed by atoms with E-state index in [1.165, 1.54) is 44.3 Å². The highest BCUT2D eigenvalue weighted by Crippen LogP contribution is 2.38. The third-order valence-electron chi connectivity index (χ3n) is 3.94. The van der Waals surface area contributed by atoms with E-state index < -0.39 is 29.1 Å². The number of hydrogen-bond acceptors (Lipinski definition) is 3. The van der Waals surface area contributed by atoms with Gasteiger partial charge in [-0.1, -0.05) is 29.3 Å². The number of amides is 1. The molecule has 2 N–H and O–H groups in total. The second-order valence-electron chi connectivity index (χ2n) is 6.53. The molecule has 10 heteroatoms.